The lowest BCUT2D eigenvalue weighted by molar-refractivity contribution is -0.144. The standard InChI is InChI=1S/C49H65N13O8/c1-53-38(14-8-22-56-47(51)52)43(66)60-40(27-33-28-57-36-12-5-4-11-35(33)36)44(67)59-37(42(50)65)13-6-7-21-55-41(64)18-17-39-45(68)62(48(70)61-39)49(19-23-54-24-20-49)46(69)58-34(29-63)26-30-15-16-31-9-2-3-10-32(31)25-30/h2-5,9-12,15-16,25,28-29,34,37-40,53-54,57H,6-8,13-14,17-24,26-27H2,1H3,(H2,50,65)(H,55,64)(H,58,69)(H,59,67)(H,60,66)(H,61,70)(H4,51,52,56)/t34-,37+,38+,39+,40+/m1/s1. The fourth-order valence-corrected chi connectivity index (χ4v) is 9.14. The molecule has 0 saturated carbocycles. The molecule has 4 aromatic rings. The number of nitrogens with two attached hydrogens (primary N) is 2. The number of guanidine groups is 1. The number of hydrogen-bond donors (Lipinski definition) is 12. The van der Waals surface area contributed by atoms with Crippen LogP contribution in [0.25, 0.3) is 21.7 Å². The normalized spacial score (nSPS) is 17.2. The first kappa shape index (κ1) is 52.0. The topological polar surface area (TPSA) is 328 Å². The number of carbonyl (C=O) groups excluding carboxylic acids is 8. The highest BCUT2D eigenvalue weighted by Crippen LogP contribution is 2.31. The number of nitrogens with zero attached hydrogens (tertiary/aromatic N) is 1. The van der Waals surface area contributed by atoms with E-state index in [-0.39, 0.29) is 63.4 Å². The molecule has 3 heterocycles. The number of amides is 8. The fraction of sp³-hybridized carbons (Fsp3) is 0.449. The van der Waals surface area contributed by atoms with Gasteiger partial charge in [-0.3, -0.25) is 34.2 Å². The van der Waals surface area contributed by atoms with E-state index in [0.717, 1.165) is 37.7 Å². The number of urea groups is 1. The van der Waals surface area contributed by atoms with Crippen LogP contribution >= 0.6 is 0 Å². The number of aromatic amines is 1. The average molecular weight is 964 g/mol. The van der Waals surface area contributed by atoms with Crippen LogP contribution in [0.1, 0.15) is 68.9 Å². The molecule has 70 heavy (non-hydrogen) atoms. The molecule has 3 aromatic carbocycles. The molecule has 21 nitrogen and oxygen atoms in total. The van der Waals surface area contributed by atoms with E-state index >= 15 is 0 Å². The maximum atomic E-state index is 14.1. The molecule has 6 rings (SSSR count). The first-order valence-electron chi connectivity index (χ1n) is 23.8. The number of rotatable bonds is 26. The van der Waals surface area contributed by atoms with Crippen molar-refractivity contribution in [2.45, 2.75) is 106 Å². The number of nitrogens with one attached hydrogen (secondary N) is 10. The van der Waals surface area contributed by atoms with Gasteiger partial charge in [0.2, 0.25) is 29.5 Å². The Hall–Kier alpha value is -7.39. The summed E-state index contributed by atoms with van der Waals surface area (Å²) < 4.78 is 0. The Balaban J connectivity index is 0.980. The van der Waals surface area contributed by atoms with Crippen LogP contribution in [-0.4, -0.2) is 133 Å². The van der Waals surface area contributed by atoms with E-state index in [0.29, 0.717) is 51.6 Å². The number of likely N-dealkylation sites (N-methyl/N-ethyl adjacent to an activating group) is 1. The van der Waals surface area contributed by atoms with Crippen molar-refractivity contribution in [3.8, 4) is 0 Å². The van der Waals surface area contributed by atoms with Gasteiger partial charge in [-0.1, -0.05) is 60.7 Å². The quantitative estimate of drug-likeness (QED) is 0.0132. The van der Waals surface area contributed by atoms with Crippen LogP contribution in [0, 0.1) is 5.41 Å². The first-order chi connectivity index (χ1) is 33.7. The van der Waals surface area contributed by atoms with Crippen LogP contribution in [-0.2, 0) is 46.4 Å². The van der Waals surface area contributed by atoms with Crippen molar-refractivity contribution in [2.24, 2.45) is 11.5 Å². The van der Waals surface area contributed by atoms with Crippen LogP contribution in [0.5, 0.6) is 0 Å². The summed E-state index contributed by atoms with van der Waals surface area (Å²) in [6.45, 7) is 1.29. The van der Waals surface area contributed by atoms with Gasteiger partial charge in [0, 0.05) is 43.0 Å². The Morgan fingerprint density at radius 3 is 2.24 bits per heavy atom. The van der Waals surface area contributed by atoms with Gasteiger partial charge in [0.15, 0.2) is 5.96 Å². The van der Waals surface area contributed by atoms with Crippen molar-refractivity contribution in [1.29, 1.82) is 5.41 Å². The minimum Gasteiger partial charge on any atom is -0.370 e. The molecular formula is C49H65N13O8. The second-order valence-electron chi connectivity index (χ2n) is 17.9. The molecule has 5 atom stereocenters. The zero-order valence-electron chi connectivity index (χ0n) is 39.4. The molecule has 1 aromatic heterocycles. The fourth-order valence-electron chi connectivity index (χ4n) is 9.14. The van der Waals surface area contributed by atoms with Crippen LogP contribution in [0.4, 0.5) is 4.79 Å². The second-order valence-corrected chi connectivity index (χ2v) is 17.9. The highest BCUT2D eigenvalue weighted by atomic mass is 16.2. The van der Waals surface area contributed by atoms with E-state index in [1.807, 2.05) is 66.7 Å². The van der Waals surface area contributed by atoms with Gasteiger partial charge in [-0.25, -0.2) is 9.69 Å². The zero-order valence-corrected chi connectivity index (χ0v) is 39.4. The van der Waals surface area contributed by atoms with Crippen molar-refractivity contribution in [3.05, 3.63) is 84.1 Å². The summed E-state index contributed by atoms with van der Waals surface area (Å²) in [5, 5.41) is 32.9. The highest BCUT2D eigenvalue weighted by Gasteiger charge is 2.55. The maximum Gasteiger partial charge on any atom is 0.325 e. The summed E-state index contributed by atoms with van der Waals surface area (Å²) in [6, 6.07) is 15.6. The van der Waals surface area contributed by atoms with E-state index in [4.69, 9.17) is 16.9 Å². The van der Waals surface area contributed by atoms with Crippen LogP contribution < -0.4 is 54.0 Å². The van der Waals surface area contributed by atoms with Crippen LogP contribution in [0.3, 0.4) is 0 Å². The van der Waals surface area contributed by atoms with Gasteiger partial charge in [-0.05, 0) is 106 Å². The second kappa shape index (κ2) is 24.8. The van der Waals surface area contributed by atoms with E-state index in [1.165, 1.54) is 0 Å². The third-order valence-corrected chi connectivity index (χ3v) is 13.0. The number of imide groups is 1. The Bertz CT molecular complexity index is 2540. The van der Waals surface area contributed by atoms with Crippen molar-refractivity contribution >= 4 is 75.4 Å². The molecule has 2 aliphatic heterocycles. The van der Waals surface area contributed by atoms with E-state index in [2.05, 4.69) is 47.5 Å². The van der Waals surface area contributed by atoms with Gasteiger partial charge in [-0.2, -0.15) is 0 Å². The molecule has 2 saturated heterocycles. The van der Waals surface area contributed by atoms with Crippen molar-refractivity contribution in [2.75, 3.05) is 33.2 Å². The highest BCUT2D eigenvalue weighted by molar-refractivity contribution is 6.09. The molecule has 0 spiro atoms. The predicted octanol–water partition coefficient (Wildman–Crippen LogP) is 0.205. The van der Waals surface area contributed by atoms with Crippen LogP contribution in [0.2, 0.25) is 0 Å². The van der Waals surface area contributed by atoms with E-state index < -0.39 is 71.3 Å². The lowest BCUT2D eigenvalue weighted by Crippen LogP contribution is -2.66. The number of para-hydroxylation sites is 1. The lowest BCUT2D eigenvalue weighted by Gasteiger charge is -2.41. The number of H-pyrrole nitrogens is 1. The molecule has 14 N–H and O–H groups in total. The molecule has 0 radical (unpaired) electrons. The smallest absolute Gasteiger partial charge is 0.325 e. The third kappa shape index (κ3) is 13.4. The van der Waals surface area contributed by atoms with Crippen molar-refractivity contribution in [3.63, 3.8) is 0 Å². The number of unbranched alkanes of at least 4 members (excludes halogenated alkanes) is 1. The first-order valence-corrected chi connectivity index (χ1v) is 23.8. The van der Waals surface area contributed by atoms with E-state index in [9.17, 15) is 38.4 Å². The largest absolute Gasteiger partial charge is 0.370 e. The summed E-state index contributed by atoms with van der Waals surface area (Å²) in [7, 11) is 1.63. The Kier molecular flexibility index (Phi) is 18.4. The van der Waals surface area contributed by atoms with Crippen molar-refractivity contribution in [1.82, 2.24) is 52.4 Å². The monoisotopic (exact) mass is 964 g/mol. The van der Waals surface area contributed by atoms with Gasteiger partial charge < -0.3 is 63.8 Å². The van der Waals surface area contributed by atoms with Gasteiger partial charge in [0.05, 0.1) is 12.1 Å². The average Bonchev–Trinajstić information content (AvgIpc) is 3.90. The number of aromatic nitrogens is 1. The molecule has 2 fully saturated rings. The summed E-state index contributed by atoms with van der Waals surface area (Å²) >= 11 is 0. The van der Waals surface area contributed by atoms with Gasteiger partial charge in [0.1, 0.15) is 30.0 Å². The minimum absolute atomic E-state index is 0.0278. The van der Waals surface area contributed by atoms with Gasteiger partial charge in [-0.15, -0.1) is 0 Å². The number of hydrogen-bond acceptors (Lipinski definition) is 11. The summed E-state index contributed by atoms with van der Waals surface area (Å²) in [5.41, 5.74) is 12.0. The molecule has 2 aliphatic rings. The van der Waals surface area contributed by atoms with Gasteiger partial charge >= 0.3 is 6.03 Å². The molecule has 0 unspecified atom stereocenters. The molecule has 374 valence electrons. The molecule has 8 amide bonds. The summed E-state index contributed by atoms with van der Waals surface area (Å²) in [4.78, 5) is 111. The number of piperidine rings is 1. The maximum absolute atomic E-state index is 14.1. The Morgan fingerprint density at radius 2 is 1.51 bits per heavy atom. The van der Waals surface area contributed by atoms with E-state index in [1.54, 1.807) is 13.2 Å². The lowest BCUT2D eigenvalue weighted by atomic mass is 9.84. The summed E-state index contributed by atoms with van der Waals surface area (Å²) in [5.74, 6) is -3.61. The number of aldehydes is 1. The molecule has 21 heteroatoms. The minimum atomic E-state index is -1.55. The molecular weight excluding hydrogens is 899 g/mol. The Labute approximate surface area is 405 Å². The molecule has 0 bridgehead atoms. The number of fused-ring (bicyclic) bond motifs is 2. The van der Waals surface area contributed by atoms with Gasteiger partial charge in [0.25, 0.3) is 5.91 Å². The number of primary amides is 1. The predicted molar refractivity (Wildman–Crippen MR) is 263 cm³/mol. The number of carbonyl (C=O) groups is 8. The summed E-state index contributed by atoms with van der Waals surface area (Å²) in [6.07, 6.45) is 4.70. The zero-order chi connectivity index (χ0) is 50.2. The third-order valence-electron chi connectivity index (χ3n) is 13.0. The number of benzene rings is 3. The molecule has 0 aliphatic carbocycles. The Morgan fingerprint density at radius 1 is 0.829 bits per heavy atom. The van der Waals surface area contributed by atoms with Crippen LogP contribution in [0.15, 0.2) is 72.9 Å². The SMILES string of the molecule is CN[C@@H](CCCNC(=N)N)C(=O)N[C@@H](Cc1c[nH]c2ccccc12)C(=O)N[C@@H](CCCCNC(=O)CC[C@@H]1NC(=O)N(C2(C(=O)N[C@@H](C=O)Cc3ccc4ccccc4c3)CCNCC2)C1=O)C(N)=O. The van der Waals surface area contributed by atoms with Crippen molar-refractivity contribution < 1.29 is 38.4 Å².